The molecule has 0 aliphatic rings. The van der Waals surface area contributed by atoms with Crippen LogP contribution in [0.5, 0.6) is 0 Å². The first-order chi connectivity index (χ1) is 14.4. The van der Waals surface area contributed by atoms with Crippen LogP contribution >= 0.6 is 0 Å². The van der Waals surface area contributed by atoms with Gasteiger partial charge in [-0.15, -0.1) is 0 Å². The number of aromatic nitrogens is 1. The van der Waals surface area contributed by atoms with Crippen molar-refractivity contribution in [1.29, 1.82) is 0 Å². The molecule has 0 saturated carbocycles. The van der Waals surface area contributed by atoms with Crippen molar-refractivity contribution in [3.05, 3.63) is 76.8 Å². The fourth-order valence-electron chi connectivity index (χ4n) is 2.96. The Morgan fingerprint density at radius 3 is 2.60 bits per heavy atom. The number of hydrogen-bond acceptors (Lipinski definition) is 5. The number of aromatic amines is 1. The van der Waals surface area contributed by atoms with Gasteiger partial charge in [0.25, 0.3) is 0 Å². The number of H-pyrrole nitrogens is 1. The number of carbonyl (C=O) groups is 2. The van der Waals surface area contributed by atoms with Gasteiger partial charge in [-0.3, -0.25) is 9.59 Å². The topological polar surface area (TPSA) is 105 Å². The second kappa shape index (κ2) is 9.51. The molecule has 0 atom stereocenters. The fraction of sp³-hybridized carbons (Fsp3) is 0.182. The van der Waals surface area contributed by atoms with E-state index in [1.807, 2.05) is 31.2 Å². The average molecular weight is 426 g/mol. The van der Waals surface area contributed by atoms with E-state index in [2.05, 4.69) is 9.71 Å². The lowest BCUT2D eigenvalue weighted by molar-refractivity contribution is -0.141. The molecule has 1 aromatic heterocycles. The molecule has 8 heteroatoms. The van der Waals surface area contributed by atoms with E-state index in [0.717, 1.165) is 28.3 Å². The second-order valence-electron chi connectivity index (χ2n) is 6.56. The Morgan fingerprint density at radius 2 is 1.87 bits per heavy atom. The summed E-state index contributed by atoms with van der Waals surface area (Å²) in [5.74, 6) is -1.20. The van der Waals surface area contributed by atoms with E-state index in [9.17, 15) is 18.0 Å². The largest absolute Gasteiger partial charge is 0.456 e. The number of Topliss-reactive ketones (excluding diaryl/α,β-unsaturated/α-hetero) is 1. The SMILES string of the molecule is CCc1cccc2c(C(=O)COC(=O)CNS(=O)(=O)C=Cc3ccccc3)c[nH]c12. The summed E-state index contributed by atoms with van der Waals surface area (Å²) < 4.78 is 31.0. The van der Waals surface area contributed by atoms with Crippen LogP contribution in [0.3, 0.4) is 0 Å². The van der Waals surface area contributed by atoms with Crippen LogP contribution in [0.4, 0.5) is 0 Å². The Bertz CT molecular complexity index is 1180. The van der Waals surface area contributed by atoms with Gasteiger partial charge < -0.3 is 9.72 Å². The predicted octanol–water partition coefficient (Wildman–Crippen LogP) is 3.05. The lowest BCUT2D eigenvalue weighted by Gasteiger charge is -2.05. The summed E-state index contributed by atoms with van der Waals surface area (Å²) in [6, 6.07) is 14.6. The van der Waals surface area contributed by atoms with Crippen LogP contribution in [0.25, 0.3) is 17.0 Å². The number of fused-ring (bicyclic) bond motifs is 1. The highest BCUT2D eigenvalue weighted by Gasteiger charge is 2.16. The molecular weight excluding hydrogens is 404 g/mol. The van der Waals surface area contributed by atoms with Crippen LogP contribution < -0.4 is 4.72 Å². The molecular formula is C22H22N2O5S. The molecule has 0 aliphatic heterocycles. The quantitative estimate of drug-likeness (QED) is 0.404. The second-order valence-corrected chi connectivity index (χ2v) is 8.21. The van der Waals surface area contributed by atoms with Crippen molar-refractivity contribution in [2.75, 3.05) is 13.2 Å². The minimum absolute atomic E-state index is 0.366. The summed E-state index contributed by atoms with van der Waals surface area (Å²) in [5, 5.41) is 1.74. The number of benzene rings is 2. The third-order valence-corrected chi connectivity index (χ3v) is 5.55. The summed E-state index contributed by atoms with van der Waals surface area (Å²) >= 11 is 0. The Balaban J connectivity index is 1.53. The summed E-state index contributed by atoms with van der Waals surface area (Å²) in [6.45, 7) is 0.987. The van der Waals surface area contributed by atoms with Crippen LogP contribution in [0.2, 0.25) is 0 Å². The number of aryl methyl sites for hydroxylation is 1. The lowest BCUT2D eigenvalue weighted by Crippen LogP contribution is -2.30. The molecule has 30 heavy (non-hydrogen) atoms. The van der Waals surface area contributed by atoms with Crippen LogP contribution in [0, 0.1) is 0 Å². The smallest absolute Gasteiger partial charge is 0.321 e. The molecule has 7 nitrogen and oxygen atoms in total. The van der Waals surface area contributed by atoms with Gasteiger partial charge in [-0.1, -0.05) is 55.5 Å². The first-order valence-corrected chi connectivity index (χ1v) is 10.9. The van der Waals surface area contributed by atoms with Crippen molar-refractivity contribution in [3.8, 4) is 0 Å². The molecule has 3 aromatic rings. The van der Waals surface area contributed by atoms with E-state index in [4.69, 9.17) is 4.74 Å². The molecule has 0 radical (unpaired) electrons. The van der Waals surface area contributed by atoms with Crippen LogP contribution in [-0.2, 0) is 26.0 Å². The normalized spacial score (nSPS) is 11.8. The van der Waals surface area contributed by atoms with Gasteiger partial charge in [-0.05, 0) is 23.6 Å². The molecule has 0 aliphatic carbocycles. The minimum Gasteiger partial charge on any atom is -0.456 e. The molecule has 0 bridgehead atoms. The maximum Gasteiger partial charge on any atom is 0.321 e. The standard InChI is InChI=1S/C22H22N2O5S/c1-2-17-9-6-10-18-19(13-23-22(17)18)20(25)15-29-21(26)14-24-30(27,28)12-11-16-7-4-3-5-8-16/h3-13,23-24H,2,14-15H2,1H3. The van der Waals surface area contributed by atoms with Gasteiger partial charge >= 0.3 is 5.97 Å². The number of para-hydroxylation sites is 1. The third kappa shape index (κ3) is 5.43. The van der Waals surface area contributed by atoms with Gasteiger partial charge in [0.1, 0.15) is 6.54 Å². The molecule has 0 saturated heterocycles. The average Bonchev–Trinajstić information content (AvgIpc) is 3.20. The van der Waals surface area contributed by atoms with Crippen molar-refractivity contribution >= 4 is 38.8 Å². The zero-order valence-corrected chi connectivity index (χ0v) is 17.2. The number of ether oxygens (including phenoxy) is 1. The van der Waals surface area contributed by atoms with Crippen molar-refractivity contribution in [2.45, 2.75) is 13.3 Å². The molecule has 0 amide bonds. The third-order valence-electron chi connectivity index (χ3n) is 4.50. The van der Waals surface area contributed by atoms with Crippen LogP contribution in [-0.4, -0.2) is 38.3 Å². The Labute approximate surface area is 174 Å². The summed E-state index contributed by atoms with van der Waals surface area (Å²) in [5.41, 5.74) is 3.11. The van der Waals surface area contributed by atoms with Crippen molar-refractivity contribution in [2.24, 2.45) is 0 Å². The maximum atomic E-state index is 12.4. The maximum absolute atomic E-state index is 12.4. The van der Waals surface area contributed by atoms with Crippen molar-refractivity contribution < 1.29 is 22.7 Å². The van der Waals surface area contributed by atoms with E-state index in [1.165, 1.54) is 6.08 Å². The monoisotopic (exact) mass is 426 g/mol. The summed E-state index contributed by atoms with van der Waals surface area (Å²) in [7, 11) is -3.81. The van der Waals surface area contributed by atoms with Gasteiger partial charge in [-0.2, -0.15) is 0 Å². The number of carbonyl (C=O) groups excluding carboxylic acids is 2. The molecule has 2 N–H and O–H groups in total. The number of hydrogen-bond donors (Lipinski definition) is 2. The van der Waals surface area contributed by atoms with Crippen molar-refractivity contribution in [3.63, 3.8) is 0 Å². The summed E-state index contributed by atoms with van der Waals surface area (Å²) in [6.07, 6.45) is 3.83. The minimum atomic E-state index is -3.81. The lowest BCUT2D eigenvalue weighted by atomic mass is 10.1. The Hall–Kier alpha value is -3.23. The van der Waals surface area contributed by atoms with Gasteiger partial charge in [-0.25, -0.2) is 13.1 Å². The highest BCUT2D eigenvalue weighted by atomic mass is 32.2. The zero-order chi connectivity index (χ0) is 21.6. The Kier molecular flexibility index (Phi) is 6.81. The van der Waals surface area contributed by atoms with Gasteiger partial charge in [0, 0.05) is 28.1 Å². The fourth-order valence-corrected chi connectivity index (χ4v) is 3.71. The molecule has 156 valence electrons. The molecule has 2 aromatic carbocycles. The van der Waals surface area contributed by atoms with Crippen LogP contribution in [0.15, 0.2) is 60.1 Å². The van der Waals surface area contributed by atoms with Gasteiger partial charge in [0.15, 0.2) is 6.61 Å². The molecule has 1 heterocycles. The molecule has 3 rings (SSSR count). The van der Waals surface area contributed by atoms with Crippen molar-refractivity contribution in [1.82, 2.24) is 9.71 Å². The molecule has 0 unspecified atom stereocenters. The zero-order valence-electron chi connectivity index (χ0n) is 16.4. The van der Waals surface area contributed by atoms with E-state index in [0.29, 0.717) is 11.1 Å². The van der Waals surface area contributed by atoms with Crippen LogP contribution in [0.1, 0.15) is 28.4 Å². The highest BCUT2D eigenvalue weighted by Crippen LogP contribution is 2.22. The predicted molar refractivity (Wildman–Crippen MR) is 115 cm³/mol. The summed E-state index contributed by atoms with van der Waals surface area (Å²) in [4.78, 5) is 27.4. The highest BCUT2D eigenvalue weighted by molar-refractivity contribution is 7.92. The molecule has 0 spiro atoms. The van der Waals surface area contributed by atoms with E-state index in [1.54, 1.807) is 30.5 Å². The van der Waals surface area contributed by atoms with E-state index in [-0.39, 0.29) is 5.78 Å². The molecule has 0 fully saturated rings. The van der Waals surface area contributed by atoms with Gasteiger partial charge in [0.05, 0.1) is 0 Å². The number of esters is 1. The first kappa shape index (κ1) is 21.5. The number of rotatable bonds is 9. The van der Waals surface area contributed by atoms with Gasteiger partial charge in [0.2, 0.25) is 15.8 Å². The number of sulfonamides is 1. The number of ketones is 1. The van der Waals surface area contributed by atoms with E-state index >= 15 is 0 Å². The Morgan fingerprint density at radius 1 is 1.10 bits per heavy atom. The van der Waals surface area contributed by atoms with E-state index < -0.39 is 29.1 Å². The number of nitrogens with one attached hydrogen (secondary N) is 2. The first-order valence-electron chi connectivity index (χ1n) is 9.40.